The van der Waals surface area contributed by atoms with E-state index in [9.17, 15) is 18.0 Å². The molecule has 0 unspecified atom stereocenters. The third-order valence-electron chi connectivity index (χ3n) is 2.56. The molecule has 0 aromatic heterocycles. The number of nitrogens with two attached hydrogens (primary N) is 1. The van der Waals surface area contributed by atoms with Gasteiger partial charge in [-0.25, -0.2) is 4.79 Å². The number of nitrogen functional groups attached to an aromatic ring is 1. The number of esters is 1. The molecule has 0 heterocycles. The van der Waals surface area contributed by atoms with Crippen LogP contribution < -0.4 is 10.6 Å². The minimum absolute atomic E-state index is 0.238. The molecule has 0 amide bonds. The summed E-state index contributed by atoms with van der Waals surface area (Å²) in [5.41, 5.74) is 6.82. The van der Waals surface area contributed by atoms with Crippen LogP contribution in [-0.2, 0) is 4.74 Å². The van der Waals surface area contributed by atoms with Crippen LogP contribution in [0.1, 0.15) is 23.2 Å². The van der Waals surface area contributed by atoms with Crippen LogP contribution in [0.2, 0.25) is 0 Å². The largest absolute Gasteiger partial charge is 0.462 e. The van der Waals surface area contributed by atoms with E-state index in [1.807, 2.05) is 0 Å². The lowest BCUT2D eigenvalue weighted by Crippen LogP contribution is -2.17. The number of rotatable bonds is 5. The molecule has 1 aromatic carbocycles. The highest BCUT2D eigenvalue weighted by Crippen LogP contribution is 2.23. The third kappa shape index (κ3) is 4.99. The van der Waals surface area contributed by atoms with Crippen molar-refractivity contribution in [2.45, 2.75) is 19.0 Å². The van der Waals surface area contributed by atoms with Gasteiger partial charge in [0.05, 0.1) is 17.9 Å². The summed E-state index contributed by atoms with van der Waals surface area (Å²) in [7, 11) is 3.48. The van der Waals surface area contributed by atoms with Gasteiger partial charge in [-0.1, -0.05) is 0 Å². The zero-order valence-electron chi connectivity index (χ0n) is 11.3. The topological polar surface area (TPSA) is 55.6 Å². The smallest absolute Gasteiger partial charge is 0.389 e. The Balaban J connectivity index is 2.65. The van der Waals surface area contributed by atoms with Crippen molar-refractivity contribution in [3.05, 3.63) is 23.8 Å². The van der Waals surface area contributed by atoms with Crippen LogP contribution in [0.3, 0.4) is 0 Å². The van der Waals surface area contributed by atoms with E-state index < -0.39 is 18.6 Å². The second-order valence-electron chi connectivity index (χ2n) is 4.53. The number of hydrogen-bond donors (Lipinski definition) is 1. The Bertz CT molecular complexity index is 473. The number of alkyl halides is 3. The fourth-order valence-corrected chi connectivity index (χ4v) is 1.62. The van der Waals surface area contributed by atoms with Gasteiger partial charge in [-0.05, 0) is 24.6 Å². The first-order valence-electron chi connectivity index (χ1n) is 6.01. The Morgan fingerprint density at radius 2 is 2.00 bits per heavy atom. The molecule has 7 heteroatoms. The molecule has 0 fully saturated rings. The zero-order chi connectivity index (χ0) is 15.3. The van der Waals surface area contributed by atoms with E-state index in [1.54, 1.807) is 31.1 Å². The number of carbonyl (C=O) groups is 1. The standard InChI is InChI=1S/C13H17F3N2O2/c1-18(2)11-5-4-9(17)8-10(11)12(19)20-7-3-6-13(14,15)16/h4-5,8H,3,6-7,17H2,1-2H3. The predicted molar refractivity (Wildman–Crippen MR) is 70.8 cm³/mol. The molecule has 0 aliphatic carbocycles. The van der Waals surface area contributed by atoms with Crippen LogP contribution >= 0.6 is 0 Å². The van der Waals surface area contributed by atoms with E-state index in [2.05, 4.69) is 0 Å². The summed E-state index contributed by atoms with van der Waals surface area (Å²) in [5.74, 6) is -0.678. The number of halogens is 3. The van der Waals surface area contributed by atoms with E-state index in [0.29, 0.717) is 11.4 Å². The lowest BCUT2D eigenvalue weighted by atomic mass is 10.1. The van der Waals surface area contributed by atoms with Crippen molar-refractivity contribution in [1.82, 2.24) is 0 Å². The predicted octanol–water partition coefficient (Wildman–Crippen LogP) is 2.83. The number of carbonyl (C=O) groups excluding carboxylic acids is 1. The van der Waals surface area contributed by atoms with Crippen molar-refractivity contribution in [2.24, 2.45) is 0 Å². The molecule has 112 valence electrons. The summed E-state index contributed by atoms with van der Waals surface area (Å²) in [6, 6.07) is 4.73. The van der Waals surface area contributed by atoms with Crippen molar-refractivity contribution >= 4 is 17.3 Å². The Morgan fingerprint density at radius 1 is 1.35 bits per heavy atom. The third-order valence-corrected chi connectivity index (χ3v) is 2.56. The summed E-state index contributed by atoms with van der Waals surface area (Å²) < 4.78 is 40.7. The molecule has 1 rings (SSSR count). The molecule has 2 N–H and O–H groups in total. The quantitative estimate of drug-likeness (QED) is 0.514. The van der Waals surface area contributed by atoms with Crippen LogP contribution in [0.15, 0.2) is 18.2 Å². The first-order valence-corrected chi connectivity index (χ1v) is 6.01. The molecule has 0 spiro atoms. The molecule has 0 radical (unpaired) electrons. The number of anilines is 2. The SMILES string of the molecule is CN(C)c1ccc(N)cc1C(=O)OCCCC(F)(F)F. The first-order chi connectivity index (χ1) is 9.20. The van der Waals surface area contributed by atoms with Gasteiger partial charge in [0.25, 0.3) is 0 Å². The van der Waals surface area contributed by atoms with Crippen molar-refractivity contribution in [1.29, 1.82) is 0 Å². The van der Waals surface area contributed by atoms with Gasteiger partial charge in [-0.3, -0.25) is 0 Å². The average molecular weight is 290 g/mol. The number of nitrogens with zero attached hydrogens (tertiary/aromatic N) is 1. The van der Waals surface area contributed by atoms with Crippen LogP contribution in [0, 0.1) is 0 Å². The van der Waals surface area contributed by atoms with Gasteiger partial charge in [0.15, 0.2) is 0 Å². The summed E-state index contributed by atoms with van der Waals surface area (Å²) >= 11 is 0. The number of benzene rings is 1. The van der Waals surface area contributed by atoms with Gasteiger partial charge < -0.3 is 15.4 Å². The van der Waals surface area contributed by atoms with E-state index >= 15 is 0 Å². The molecule has 0 atom stereocenters. The van der Waals surface area contributed by atoms with Crippen molar-refractivity contribution in [2.75, 3.05) is 31.3 Å². The van der Waals surface area contributed by atoms with E-state index in [4.69, 9.17) is 10.5 Å². The highest BCUT2D eigenvalue weighted by atomic mass is 19.4. The Morgan fingerprint density at radius 3 is 2.55 bits per heavy atom. The molecular weight excluding hydrogens is 273 g/mol. The molecule has 0 saturated heterocycles. The van der Waals surface area contributed by atoms with Crippen LogP contribution in [-0.4, -0.2) is 32.8 Å². The van der Waals surface area contributed by atoms with E-state index in [-0.39, 0.29) is 18.6 Å². The molecule has 0 bridgehead atoms. The number of ether oxygens (including phenoxy) is 1. The molecule has 4 nitrogen and oxygen atoms in total. The van der Waals surface area contributed by atoms with Crippen LogP contribution in [0.25, 0.3) is 0 Å². The molecule has 0 aliphatic rings. The van der Waals surface area contributed by atoms with Crippen molar-refractivity contribution in [3.63, 3.8) is 0 Å². The summed E-state index contributed by atoms with van der Waals surface area (Å²) in [5, 5.41) is 0. The lowest BCUT2D eigenvalue weighted by molar-refractivity contribution is -0.137. The Hall–Kier alpha value is -1.92. The summed E-state index contributed by atoms with van der Waals surface area (Å²) in [6.45, 7) is -0.278. The monoisotopic (exact) mass is 290 g/mol. The van der Waals surface area contributed by atoms with Gasteiger partial charge in [-0.15, -0.1) is 0 Å². The molecule has 1 aromatic rings. The van der Waals surface area contributed by atoms with Gasteiger partial charge in [0.1, 0.15) is 0 Å². The average Bonchev–Trinajstić information content (AvgIpc) is 2.32. The first kappa shape index (κ1) is 16.1. The minimum Gasteiger partial charge on any atom is -0.462 e. The lowest BCUT2D eigenvalue weighted by Gasteiger charge is -2.17. The Labute approximate surface area is 115 Å². The molecule has 0 aliphatic heterocycles. The summed E-state index contributed by atoms with van der Waals surface area (Å²) in [6.07, 6.45) is -5.47. The zero-order valence-corrected chi connectivity index (χ0v) is 11.3. The van der Waals surface area contributed by atoms with Gasteiger partial charge in [0.2, 0.25) is 0 Å². The normalized spacial score (nSPS) is 11.2. The maximum absolute atomic E-state index is 12.0. The number of hydrogen-bond acceptors (Lipinski definition) is 4. The maximum atomic E-state index is 12.0. The minimum atomic E-state index is -4.24. The van der Waals surface area contributed by atoms with E-state index in [1.165, 1.54) is 6.07 Å². The molecule has 20 heavy (non-hydrogen) atoms. The van der Waals surface area contributed by atoms with Gasteiger partial charge in [-0.2, -0.15) is 13.2 Å². The Kier molecular flexibility index (Phi) is 5.24. The van der Waals surface area contributed by atoms with Crippen molar-refractivity contribution in [3.8, 4) is 0 Å². The fraction of sp³-hybridized carbons (Fsp3) is 0.462. The van der Waals surface area contributed by atoms with Crippen LogP contribution in [0.4, 0.5) is 24.5 Å². The highest BCUT2D eigenvalue weighted by molar-refractivity contribution is 5.96. The van der Waals surface area contributed by atoms with Gasteiger partial charge in [0, 0.05) is 26.2 Å². The fourth-order valence-electron chi connectivity index (χ4n) is 1.62. The molecular formula is C13H17F3N2O2. The maximum Gasteiger partial charge on any atom is 0.389 e. The second kappa shape index (κ2) is 6.49. The van der Waals surface area contributed by atoms with Crippen LogP contribution in [0.5, 0.6) is 0 Å². The molecule has 0 saturated carbocycles. The summed E-state index contributed by atoms with van der Waals surface area (Å²) in [4.78, 5) is 13.6. The van der Waals surface area contributed by atoms with E-state index in [0.717, 1.165) is 0 Å². The second-order valence-corrected chi connectivity index (χ2v) is 4.53. The van der Waals surface area contributed by atoms with Gasteiger partial charge >= 0.3 is 12.1 Å². The highest BCUT2D eigenvalue weighted by Gasteiger charge is 2.26. The van der Waals surface area contributed by atoms with Crippen molar-refractivity contribution < 1.29 is 22.7 Å².